The van der Waals surface area contributed by atoms with Crippen LogP contribution in [-0.4, -0.2) is 36.4 Å². The average Bonchev–Trinajstić information content (AvgIpc) is 2.68. The van der Waals surface area contributed by atoms with Gasteiger partial charge in [0.25, 0.3) is 5.91 Å². The van der Waals surface area contributed by atoms with Crippen molar-refractivity contribution < 1.29 is 14.3 Å². The Labute approximate surface area is 165 Å². The zero-order chi connectivity index (χ0) is 19.8. The summed E-state index contributed by atoms with van der Waals surface area (Å²) in [7, 11) is 1.57. The van der Waals surface area contributed by atoms with Crippen LogP contribution in [0.15, 0.2) is 48.5 Å². The van der Waals surface area contributed by atoms with Crippen LogP contribution in [0.3, 0.4) is 0 Å². The van der Waals surface area contributed by atoms with E-state index in [1.807, 2.05) is 38.1 Å². The van der Waals surface area contributed by atoms with Crippen LogP contribution in [0.2, 0.25) is 5.02 Å². The van der Waals surface area contributed by atoms with Crippen LogP contribution in [0.4, 0.5) is 0 Å². The first kappa shape index (κ1) is 20.8. The fourth-order valence-electron chi connectivity index (χ4n) is 2.74. The highest BCUT2D eigenvalue weighted by atomic mass is 35.5. The Morgan fingerprint density at radius 2 is 1.74 bits per heavy atom. The van der Waals surface area contributed by atoms with Crippen molar-refractivity contribution in [2.24, 2.45) is 0 Å². The van der Waals surface area contributed by atoms with Crippen molar-refractivity contribution in [3.63, 3.8) is 0 Å². The Morgan fingerprint density at radius 1 is 1.11 bits per heavy atom. The van der Waals surface area contributed by atoms with E-state index in [1.54, 1.807) is 36.2 Å². The molecule has 0 aliphatic carbocycles. The zero-order valence-electron chi connectivity index (χ0n) is 15.9. The number of carbonyl (C=O) groups excluding carboxylic acids is 2. The maximum Gasteiger partial charge on any atom is 0.261 e. The summed E-state index contributed by atoms with van der Waals surface area (Å²) in [6, 6.07) is 14.2. The summed E-state index contributed by atoms with van der Waals surface area (Å²) in [6.07, 6.45) is 0.512. The number of aryl methyl sites for hydroxylation is 1. The van der Waals surface area contributed by atoms with Gasteiger partial charge in [-0.25, -0.2) is 0 Å². The number of hydrogen-bond donors (Lipinski definition) is 1. The van der Waals surface area contributed by atoms with Gasteiger partial charge in [-0.05, 0) is 43.2 Å². The smallest absolute Gasteiger partial charge is 0.261 e. The van der Waals surface area contributed by atoms with Crippen molar-refractivity contribution in [1.29, 1.82) is 0 Å². The lowest BCUT2D eigenvalue weighted by Gasteiger charge is -2.30. The van der Waals surface area contributed by atoms with Gasteiger partial charge in [0.15, 0.2) is 6.61 Å². The number of halogens is 1. The van der Waals surface area contributed by atoms with Gasteiger partial charge in [0, 0.05) is 18.6 Å². The van der Waals surface area contributed by atoms with Gasteiger partial charge in [-0.2, -0.15) is 0 Å². The first-order valence-corrected chi connectivity index (χ1v) is 9.27. The summed E-state index contributed by atoms with van der Waals surface area (Å²) in [4.78, 5) is 26.7. The highest BCUT2D eigenvalue weighted by Gasteiger charge is 2.28. The van der Waals surface area contributed by atoms with Crippen molar-refractivity contribution in [2.45, 2.75) is 32.9 Å². The van der Waals surface area contributed by atoms with E-state index in [4.69, 9.17) is 16.3 Å². The molecule has 1 N–H and O–H groups in total. The number of hydrogen-bond acceptors (Lipinski definition) is 3. The van der Waals surface area contributed by atoms with Crippen LogP contribution in [0.1, 0.15) is 24.5 Å². The Bertz CT molecular complexity index is 760. The minimum absolute atomic E-state index is 0.152. The summed E-state index contributed by atoms with van der Waals surface area (Å²) in [5.41, 5.74) is 2.10. The molecule has 0 aliphatic heterocycles. The van der Waals surface area contributed by atoms with Crippen LogP contribution >= 0.6 is 11.6 Å². The standard InChI is InChI=1S/C21H25ClN2O3/c1-4-19(21(26)23-3)24(13-16-7-5-15(2)6-8-16)20(25)14-27-18-11-9-17(22)10-12-18/h5-12,19H,4,13-14H2,1-3H3,(H,23,26)/t19-/m0/s1. The van der Waals surface area contributed by atoms with E-state index in [1.165, 1.54) is 0 Å². The number of carbonyl (C=O) groups is 2. The van der Waals surface area contributed by atoms with E-state index in [0.717, 1.165) is 11.1 Å². The third-order valence-electron chi connectivity index (χ3n) is 4.28. The second-order valence-corrected chi connectivity index (χ2v) is 6.72. The van der Waals surface area contributed by atoms with E-state index in [9.17, 15) is 9.59 Å². The van der Waals surface area contributed by atoms with Gasteiger partial charge < -0.3 is 15.0 Å². The summed E-state index contributed by atoms with van der Waals surface area (Å²) in [5.74, 6) is 0.112. The molecule has 27 heavy (non-hydrogen) atoms. The Hall–Kier alpha value is -2.53. The van der Waals surface area contributed by atoms with E-state index >= 15 is 0 Å². The normalized spacial score (nSPS) is 11.6. The predicted molar refractivity (Wildman–Crippen MR) is 107 cm³/mol. The van der Waals surface area contributed by atoms with Crippen molar-refractivity contribution in [2.75, 3.05) is 13.7 Å². The Morgan fingerprint density at radius 3 is 2.30 bits per heavy atom. The maximum atomic E-state index is 12.9. The average molecular weight is 389 g/mol. The Balaban J connectivity index is 2.15. The van der Waals surface area contributed by atoms with Crippen LogP contribution in [0, 0.1) is 6.92 Å². The first-order valence-electron chi connectivity index (χ1n) is 8.89. The molecule has 0 saturated heterocycles. The molecule has 5 nitrogen and oxygen atoms in total. The van der Waals surface area contributed by atoms with Crippen molar-refractivity contribution >= 4 is 23.4 Å². The second kappa shape index (κ2) is 9.97. The van der Waals surface area contributed by atoms with Crippen molar-refractivity contribution in [3.05, 3.63) is 64.7 Å². The summed E-state index contributed by atoms with van der Waals surface area (Å²) < 4.78 is 5.59. The lowest BCUT2D eigenvalue weighted by atomic mass is 10.1. The van der Waals surface area contributed by atoms with Crippen LogP contribution < -0.4 is 10.1 Å². The summed E-state index contributed by atoms with van der Waals surface area (Å²) in [5, 5.41) is 3.24. The quantitative estimate of drug-likeness (QED) is 0.751. The molecule has 0 unspecified atom stereocenters. The maximum absolute atomic E-state index is 12.9. The van der Waals surface area contributed by atoms with Gasteiger partial charge in [0.2, 0.25) is 5.91 Å². The number of amides is 2. The summed E-state index contributed by atoms with van der Waals surface area (Å²) in [6.45, 7) is 4.08. The molecule has 0 aliphatic rings. The minimum atomic E-state index is -0.558. The first-order chi connectivity index (χ1) is 12.9. The minimum Gasteiger partial charge on any atom is -0.484 e. The molecule has 2 aromatic carbocycles. The molecule has 0 bridgehead atoms. The van der Waals surface area contributed by atoms with Gasteiger partial charge in [0.1, 0.15) is 11.8 Å². The molecular weight excluding hydrogens is 364 g/mol. The SMILES string of the molecule is CC[C@@H](C(=O)NC)N(Cc1ccc(C)cc1)C(=O)COc1ccc(Cl)cc1. The van der Waals surface area contributed by atoms with E-state index < -0.39 is 6.04 Å². The molecule has 0 fully saturated rings. The van der Waals surface area contributed by atoms with Crippen molar-refractivity contribution in [3.8, 4) is 5.75 Å². The lowest BCUT2D eigenvalue weighted by molar-refractivity contribution is -0.142. The van der Waals surface area contributed by atoms with Gasteiger partial charge >= 0.3 is 0 Å². The van der Waals surface area contributed by atoms with Crippen LogP contribution in [-0.2, 0) is 16.1 Å². The second-order valence-electron chi connectivity index (χ2n) is 6.29. The number of nitrogens with one attached hydrogen (secondary N) is 1. The van der Waals surface area contributed by atoms with Gasteiger partial charge in [-0.15, -0.1) is 0 Å². The monoisotopic (exact) mass is 388 g/mol. The van der Waals surface area contributed by atoms with Gasteiger partial charge in [-0.1, -0.05) is 48.4 Å². The van der Waals surface area contributed by atoms with E-state index in [2.05, 4.69) is 5.32 Å². The molecule has 144 valence electrons. The number of nitrogens with zero attached hydrogens (tertiary/aromatic N) is 1. The molecule has 2 aromatic rings. The summed E-state index contributed by atoms with van der Waals surface area (Å²) >= 11 is 5.86. The third-order valence-corrected chi connectivity index (χ3v) is 4.53. The molecule has 0 aromatic heterocycles. The van der Waals surface area contributed by atoms with E-state index in [0.29, 0.717) is 23.7 Å². The number of benzene rings is 2. The van der Waals surface area contributed by atoms with Crippen LogP contribution in [0.5, 0.6) is 5.75 Å². The molecule has 0 heterocycles. The zero-order valence-corrected chi connectivity index (χ0v) is 16.6. The largest absolute Gasteiger partial charge is 0.484 e. The molecule has 0 radical (unpaired) electrons. The third kappa shape index (κ3) is 6.00. The highest BCUT2D eigenvalue weighted by molar-refractivity contribution is 6.30. The molecule has 2 rings (SSSR count). The molecule has 6 heteroatoms. The molecular formula is C21H25ClN2O3. The topological polar surface area (TPSA) is 58.6 Å². The van der Waals surface area contributed by atoms with Crippen LogP contribution in [0.25, 0.3) is 0 Å². The van der Waals surface area contributed by atoms with E-state index in [-0.39, 0.29) is 18.4 Å². The number of rotatable bonds is 8. The Kier molecular flexibility index (Phi) is 7.67. The number of likely N-dealkylation sites (N-methyl/N-ethyl adjacent to an activating group) is 1. The molecule has 0 saturated carbocycles. The van der Waals surface area contributed by atoms with Gasteiger partial charge in [0.05, 0.1) is 0 Å². The molecule has 0 spiro atoms. The number of ether oxygens (including phenoxy) is 1. The van der Waals surface area contributed by atoms with Crippen molar-refractivity contribution in [1.82, 2.24) is 10.2 Å². The fourth-order valence-corrected chi connectivity index (χ4v) is 2.86. The fraction of sp³-hybridized carbons (Fsp3) is 0.333. The molecule has 2 amide bonds. The lowest BCUT2D eigenvalue weighted by Crippen LogP contribution is -2.49. The molecule has 1 atom stereocenters. The highest BCUT2D eigenvalue weighted by Crippen LogP contribution is 2.17. The van der Waals surface area contributed by atoms with Gasteiger partial charge in [-0.3, -0.25) is 9.59 Å². The predicted octanol–water partition coefficient (Wildman–Crippen LogP) is 3.58.